The van der Waals surface area contributed by atoms with Crippen LogP contribution in [0.5, 0.6) is 0 Å². The number of aryl methyl sites for hydroxylation is 1. The second kappa shape index (κ2) is 9.04. The summed E-state index contributed by atoms with van der Waals surface area (Å²) in [4.78, 5) is 5.25. The van der Waals surface area contributed by atoms with Gasteiger partial charge in [-0.1, -0.05) is 19.1 Å². The predicted molar refractivity (Wildman–Crippen MR) is 129 cm³/mol. The van der Waals surface area contributed by atoms with Crippen molar-refractivity contribution >= 4 is 21.4 Å². The number of thiophene rings is 1. The van der Waals surface area contributed by atoms with Crippen LogP contribution in [-0.2, 0) is 33.2 Å². The summed E-state index contributed by atoms with van der Waals surface area (Å²) in [5.41, 5.74) is 1.30. The fourth-order valence-electron chi connectivity index (χ4n) is 5.80. The summed E-state index contributed by atoms with van der Waals surface area (Å²) in [5.74, 6) is -0.243. The van der Waals surface area contributed by atoms with Crippen molar-refractivity contribution in [2.24, 2.45) is 5.92 Å². The van der Waals surface area contributed by atoms with Crippen molar-refractivity contribution in [3.05, 3.63) is 51.5 Å². The molecule has 1 aromatic heterocycles. The maximum absolute atomic E-state index is 13.9. The van der Waals surface area contributed by atoms with Crippen LogP contribution in [0.15, 0.2) is 35.2 Å². The smallest absolute Gasteiger partial charge is 0.243 e. The van der Waals surface area contributed by atoms with Crippen LogP contribution in [0, 0.1) is 11.7 Å². The standard InChI is InChI=1S/C25H33FN2O3S2/c1-3-20-14-21-23(32-20)8-11-31-25(21)9-10-28(17(2)15-25)16-18-12-19(13-18)27-33(29,30)24-7-5-4-6-22(24)26/h4-7,14,17-19,27H,3,8-13,15-16H2,1-2H3/t17-,18-,19+,25+/m0/s1. The van der Waals surface area contributed by atoms with E-state index in [2.05, 4.69) is 29.5 Å². The van der Waals surface area contributed by atoms with Crippen LogP contribution >= 0.6 is 11.3 Å². The Morgan fingerprint density at radius 3 is 2.82 bits per heavy atom. The summed E-state index contributed by atoms with van der Waals surface area (Å²) < 4.78 is 48.1. The number of halogens is 1. The van der Waals surface area contributed by atoms with Crippen LogP contribution in [-0.4, -0.2) is 45.1 Å². The minimum atomic E-state index is -3.82. The van der Waals surface area contributed by atoms with Gasteiger partial charge in [-0.2, -0.15) is 0 Å². The lowest BCUT2D eigenvalue weighted by molar-refractivity contribution is -0.114. The zero-order valence-electron chi connectivity index (χ0n) is 19.3. The predicted octanol–water partition coefficient (Wildman–Crippen LogP) is 4.46. The molecule has 8 heteroatoms. The molecule has 5 rings (SSSR count). The maximum atomic E-state index is 13.9. The lowest BCUT2D eigenvalue weighted by atomic mass is 9.77. The van der Waals surface area contributed by atoms with Crippen LogP contribution < -0.4 is 4.72 Å². The van der Waals surface area contributed by atoms with E-state index in [0.717, 1.165) is 58.2 Å². The Bertz CT molecular complexity index is 1110. The molecule has 5 nitrogen and oxygen atoms in total. The largest absolute Gasteiger partial charge is 0.370 e. The van der Waals surface area contributed by atoms with Crippen molar-refractivity contribution in [3.8, 4) is 0 Å². The zero-order valence-corrected chi connectivity index (χ0v) is 21.0. The molecule has 1 aliphatic carbocycles. The normalized spacial score (nSPS) is 30.2. The number of rotatable bonds is 6. The van der Waals surface area contributed by atoms with Crippen molar-refractivity contribution in [3.63, 3.8) is 0 Å². The molecule has 2 aromatic rings. The molecular weight excluding hydrogens is 459 g/mol. The molecule has 180 valence electrons. The molecule has 2 fully saturated rings. The Morgan fingerprint density at radius 1 is 1.30 bits per heavy atom. The molecule has 1 N–H and O–H groups in total. The van der Waals surface area contributed by atoms with E-state index >= 15 is 0 Å². The molecule has 0 radical (unpaired) electrons. The van der Waals surface area contributed by atoms with Gasteiger partial charge in [-0.3, -0.25) is 0 Å². The van der Waals surface area contributed by atoms with Gasteiger partial charge in [-0.05, 0) is 68.7 Å². The van der Waals surface area contributed by atoms with Crippen LogP contribution in [0.3, 0.4) is 0 Å². The Morgan fingerprint density at radius 2 is 2.09 bits per heavy atom. The Labute approximate surface area is 200 Å². The summed E-state index contributed by atoms with van der Waals surface area (Å²) >= 11 is 1.96. The molecule has 0 amide bonds. The summed E-state index contributed by atoms with van der Waals surface area (Å²) in [7, 11) is -3.82. The van der Waals surface area contributed by atoms with Crippen LogP contribution in [0.1, 0.15) is 54.8 Å². The monoisotopic (exact) mass is 492 g/mol. The number of sulfonamides is 1. The van der Waals surface area contributed by atoms with Gasteiger partial charge in [-0.25, -0.2) is 17.5 Å². The Balaban J connectivity index is 1.16. The molecule has 0 unspecified atom stereocenters. The van der Waals surface area contributed by atoms with Crippen molar-refractivity contribution < 1.29 is 17.5 Å². The van der Waals surface area contributed by atoms with Crippen molar-refractivity contribution in [1.82, 2.24) is 9.62 Å². The van der Waals surface area contributed by atoms with Gasteiger partial charge in [0.05, 0.1) is 12.2 Å². The highest BCUT2D eigenvalue weighted by atomic mass is 32.2. The third-order valence-corrected chi connectivity index (χ3v) is 10.5. The van der Waals surface area contributed by atoms with Gasteiger partial charge in [0.1, 0.15) is 10.7 Å². The fourth-order valence-corrected chi connectivity index (χ4v) is 8.32. The SMILES string of the molecule is CCc1cc2c(s1)CCO[C@@]21CCN(C[C@H]2C[C@@H](NS(=O)(=O)c3ccccc3F)C2)[C@@H](C)C1. The number of hydrogen-bond acceptors (Lipinski definition) is 5. The maximum Gasteiger partial charge on any atom is 0.243 e. The van der Waals surface area contributed by atoms with E-state index in [-0.39, 0.29) is 16.5 Å². The van der Waals surface area contributed by atoms with E-state index in [0.29, 0.717) is 12.0 Å². The number of benzene rings is 1. The minimum Gasteiger partial charge on any atom is -0.370 e. The van der Waals surface area contributed by atoms with Gasteiger partial charge in [0, 0.05) is 41.3 Å². The molecule has 1 aromatic carbocycles. The highest BCUT2D eigenvalue weighted by molar-refractivity contribution is 7.89. The van der Waals surface area contributed by atoms with Gasteiger partial charge >= 0.3 is 0 Å². The van der Waals surface area contributed by atoms with E-state index < -0.39 is 15.8 Å². The minimum absolute atomic E-state index is 0.117. The van der Waals surface area contributed by atoms with Gasteiger partial charge in [0.15, 0.2) is 0 Å². The first kappa shape index (κ1) is 23.4. The third-order valence-electron chi connectivity index (χ3n) is 7.63. The second-order valence-corrected chi connectivity index (χ2v) is 12.8. The van der Waals surface area contributed by atoms with E-state index in [1.165, 1.54) is 33.5 Å². The molecule has 2 aliphatic heterocycles. The van der Waals surface area contributed by atoms with Crippen LogP contribution in [0.4, 0.5) is 4.39 Å². The third kappa shape index (κ3) is 4.52. The zero-order chi connectivity index (χ0) is 23.2. The molecule has 0 bridgehead atoms. The Hall–Kier alpha value is -1.32. The van der Waals surface area contributed by atoms with Gasteiger partial charge < -0.3 is 9.64 Å². The van der Waals surface area contributed by atoms with E-state index in [1.54, 1.807) is 6.07 Å². The summed E-state index contributed by atoms with van der Waals surface area (Å²) in [6.45, 7) is 7.31. The van der Waals surface area contributed by atoms with E-state index in [4.69, 9.17) is 4.74 Å². The number of ether oxygens (including phenoxy) is 1. The first-order chi connectivity index (χ1) is 15.8. The topological polar surface area (TPSA) is 58.6 Å². The summed E-state index contributed by atoms with van der Waals surface area (Å²) in [6.07, 6.45) is 5.74. The number of likely N-dealkylation sites (tertiary alicyclic amines) is 1. The quantitative estimate of drug-likeness (QED) is 0.647. The van der Waals surface area contributed by atoms with Crippen LogP contribution in [0.2, 0.25) is 0 Å². The average Bonchev–Trinajstić information content (AvgIpc) is 3.19. The average molecular weight is 493 g/mol. The molecule has 3 heterocycles. The molecule has 1 spiro atoms. The molecule has 3 aliphatic rings. The number of hydrogen-bond donors (Lipinski definition) is 1. The second-order valence-electron chi connectivity index (χ2n) is 9.88. The van der Waals surface area contributed by atoms with Gasteiger partial charge in [0.25, 0.3) is 0 Å². The number of nitrogens with one attached hydrogen (secondary N) is 1. The highest BCUT2D eigenvalue weighted by Crippen LogP contribution is 2.46. The van der Waals surface area contributed by atoms with Crippen molar-refractivity contribution in [2.45, 2.75) is 75.0 Å². The molecule has 33 heavy (non-hydrogen) atoms. The van der Waals surface area contributed by atoms with E-state index in [9.17, 15) is 12.8 Å². The lowest BCUT2D eigenvalue weighted by Gasteiger charge is -2.49. The summed E-state index contributed by atoms with van der Waals surface area (Å²) in [5, 5.41) is 0. The van der Waals surface area contributed by atoms with E-state index in [1.807, 2.05) is 11.3 Å². The number of fused-ring (bicyclic) bond motifs is 2. The van der Waals surface area contributed by atoms with Crippen molar-refractivity contribution in [2.75, 3.05) is 19.7 Å². The number of piperidine rings is 1. The fraction of sp³-hybridized carbons (Fsp3) is 0.600. The van der Waals surface area contributed by atoms with Gasteiger partial charge in [-0.15, -0.1) is 11.3 Å². The molecule has 2 atom stereocenters. The first-order valence-electron chi connectivity index (χ1n) is 12.1. The Kier molecular flexibility index (Phi) is 6.42. The van der Waals surface area contributed by atoms with Crippen LogP contribution in [0.25, 0.3) is 0 Å². The number of nitrogens with zero attached hydrogens (tertiary/aromatic N) is 1. The van der Waals surface area contributed by atoms with Gasteiger partial charge in [0.2, 0.25) is 10.0 Å². The summed E-state index contributed by atoms with van der Waals surface area (Å²) in [6, 6.07) is 8.23. The lowest BCUT2D eigenvalue weighted by Crippen LogP contribution is -2.54. The first-order valence-corrected chi connectivity index (χ1v) is 14.4. The molecule has 1 saturated carbocycles. The molecule has 1 saturated heterocycles. The van der Waals surface area contributed by atoms with Crippen molar-refractivity contribution in [1.29, 1.82) is 0 Å². The highest BCUT2D eigenvalue weighted by Gasteiger charge is 2.45. The molecular formula is C25H33FN2O3S2.